The molecule has 2 aliphatic heterocycles. The Kier molecular flexibility index (Phi) is 2.79. The second-order valence-corrected chi connectivity index (χ2v) is 3.79. The van der Waals surface area contributed by atoms with Gasteiger partial charge in [-0.25, -0.2) is 5.01 Å². The van der Waals surface area contributed by atoms with Gasteiger partial charge in [0.15, 0.2) is 0 Å². The lowest BCUT2D eigenvalue weighted by Gasteiger charge is -2.26. The molecule has 78 valence electrons. The summed E-state index contributed by atoms with van der Waals surface area (Å²) in [5, 5.41) is 8.94. The first kappa shape index (κ1) is 9.61. The number of amides is 1. The smallest absolute Gasteiger partial charge is 0.248 e. The standard InChI is InChI=1S/C9H16N4O/c1-12-9(14)6-8(11-12)7-13-4-2-10-3-5-13/h10H,2-7H2,1H3. The maximum Gasteiger partial charge on any atom is 0.248 e. The number of hydrazone groups is 1. The van der Waals surface area contributed by atoms with E-state index in [0.717, 1.165) is 38.4 Å². The second kappa shape index (κ2) is 4.06. The van der Waals surface area contributed by atoms with Crippen molar-refractivity contribution in [2.24, 2.45) is 5.10 Å². The molecule has 0 aromatic rings. The van der Waals surface area contributed by atoms with Gasteiger partial charge in [0, 0.05) is 39.8 Å². The summed E-state index contributed by atoms with van der Waals surface area (Å²) < 4.78 is 0. The van der Waals surface area contributed by atoms with Crippen LogP contribution in [0.5, 0.6) is 0 Å². The molecule has 2 aliphatic rings. The first-order valence-electron chi connectivity index (χ1n) is 5.02. The molecule has 0 atom stereocenters. The molecule has 5 nitrogen and oxygen atoms in total. The summed E-state index contributed by atoms with van der Waals surface area (Å²) in [6.45, 7) is 5.03. The Morgan fingerprint density at radius 3 is 2.71 bits per heavy atom. The van der Waals surface area contributed by atoms with E-state index in [0.29, 0.717) is 6.42 Å². The summed E-state index contributed by atoms with van der Waals surface area (Å²) >= 11 is 0. The molecule has 0 radical (unpaired) electrons. The SMILES string of the molecule is CN1N=C(CN2CCNCC2)CC1=O. The van der Waals surface area contributed by atoms with Crippen LogP contribution in [0.3, 0.4) is 0 Å². The maximum atomic E-state index is 11.2. The number of rotatable bonds is 2. The number of hydrogen-bond acceptors (Lipinski definition) is 4. The molecule has 0 spiro atoms. The van der Waals surface area contributed by atoms with Gasteiger partial charge >= 0.3 is 0 Å². The molecule has 1 N–H and O–H groups in total. The highest BCUT2D eigenvalue weighted by Crippen LogP contribution is 2.07. The normalized spacial score (nSPS) is 24.2. The summed E-state index contributed by atoms with van der Waals surface area (Å²) in [6, 6.07) is 0. The molecule has 2 rings (SSSR count). The zero-order valence-corrected chi connectivity index (χ0v) is 8.49. The fourth-order valence-electron chi connectivity index (χ4n) is 1.81. The number of nitrogens with zero attached hydrogens (tertiary/aromatic N) is 3. The lowest BCUT2D eigenvalue weighted by Crippen LogP contribution is -2.45. The Morgan fingerprint density at radius 1 is 1.43 bits per heavy atom. The van der Waals surface area contributed by atoms with Crippen LogP contribution in [-0.2, 0) is 4.79 Å². The topological polar surface area (TPSA) is 47.9 Å². The van der Waals surface area contributed by atoms with Crippen LogP contribution in [0.2, 0.25) is 0 Å². The highest BCUT2D eigenvalue weighted by atomic mass is 16.2. The highest BCUT2D eigenvalue weighted by molar-refractivity contribution is 6.05. The van der Waals surface area contributed by atoms with Crippen molar-refractivity contribution in [3.8, 4) is 0 Å². The van der Waals surface area contributed by atoms with Crippen molar-refractivity contribution in [1.82, 2.24) is 15.2 Å². The highest BCUT2D eigenvalue weighted by Gasteiger charge is 2.22. The molecule has 0 unspecified atom stereocenters. The van der Waals surface area contributed by atoms with Crippen LogP contribution in [0.4, 0.5) is 0 Å². The summed E-state index contributed by atoms with van der Waals surface area (Å²) in [4.78, 5) is 13.5. The molecule has 0 bridgehead atoms. The van der Waals surface area contributed by atoms with Crippen molar-refractivity contribution in [3.63, 3.8) is 0 Å². The fraction of sp³-hybridized carbons (Fsp3) is 0.778. The van der Waals surface area contributed by atoms with Gasteiger partial charge in [-0.15, -0.1) is 0 Å². The minimum atomic E-state index is 0.107. The van der Waals surface area contributed by atoms with Gasteiger partial charge in [0.25, 0.3) is 0 Å². The van der Waals surface area contributed by atoms with Crippen LogP contribution < -0.4 is 5.32 Å². The molecule has 0 aromatic carbocycles. The lowest BCUT2D eigenvalue weighted by atomic mass is 10.2. The van der Waals surface area contributed by atoms with E-state index in [9.17, 15) is 4.79 Å². The largest absolute Gasteiger partial charge is 0.314 e. The Bertz CT molecular complexity index is 258. The fourth-order valence-corrected chi connectivity index (χ4v) is 1.81. The average molecular weight is 196 g/mol. The van der Waals surface area contributed by atoms with Gasteiger partial charge in [-0.1, -0.05) is 0 Å². The van der Waals surface area contributed by atoms with Gasteiger partial charge in [0.2, 0.25) is 5.91 Å². The first-order valence-corrected chi connectivity index (χ1v) is 5.02. The number of carbonyl (C=O) groups is 1. The van der Waals surface area contributed by atoms with E-state index < -0.39 is 0 Å². The molecule has 1 amide bonds. The zero-order chi connectivity index (χ0) is 9.97. The molecule has 1 fully saturated rings. The number of piperazine rings is 1. The van der Waals surface area contributed by atoms with Crippen molar-refractivity contribution in [3.05, 3.63) is 0 Å². The molecule has 1 saturated heterocycles. The minimum Gasteiger partial charge on any atom is -0.314 e. The van der Waals surface area contributed by atoms with E-state index in [1.165, 1.54) is 5.01 Å². The lowest BCUT2D eigenvalue weighted by molar-refractivity contribution is -0.127. The molecule has 0 aliphatic carbocycles. The van der Waals surface area contributed by atoms with Crippen molar-refractivity contribution in [1.29, 1.82) is 0 Å². The zero-order valence-electron chi connectivity index (χ0n) is 8.49. The monoisotopic (exact) mass is 196 g/mol. The molecule has 2 heterocycles. The van der Waals surface area contributed by atoms with E-state index in [4.69, 9.17) is 0 Å². The predicted molar refractivity (Wildman–Crippen MR) is 54.1 cm³/mol. The van der Waals surface area contributed by atoms with Crippen LogP contribution in [0.15, 0.2) is 5.10 Å². The third kappa shape index (κ3) is 2.10. The molecule has 0 saturated carbocycles. The molecule has 0 aromatic heterocycles. The van der Waals surface area contributed by atoms with Gasteiger partial charge in [-0.3, -0.25) is 9.69 Å². The van der Waals surface area contributed by atoms with Crippen LogP contribution in [0.1, 0.15) is 6.42 Å². The first-order chi connectivity index (χ1) is 6.75. The molecule has 14 heavy (non-hydrogen) atoms. The Morgan fingerprint density at radius 2 is 2.14 bits per heavy atom. The van der Waals surface area contributed by atoms with Gasteiger partial charge < -0.3 is 5.32 Å². The number of nitrogens with one attached hydrogen (secondary N) is 1. The molecular formula is C9H16N4O. The van der Waals surface area contributed by atoms with Crippen molar-refractivity contribution < 1.29 is 4.79 Å². The third-order valence-electron chi connectivity index (χ3n) is 2.62. The Labute approximate surface area is 83.7 Å². The van der Waals surface area contributed by atoms with E-state index in [1.807, 2.05) is 0 Å². The van der Waals surface area contributed by atoms with Gasteiger partial charge in [0.05, 0.1) is 12.1 Å². The minimum absolute atomic E-state index is 0.107. The average Bonchev–Trinajstić information content (AvgIpc) is 2.47. The van der Waals surface area contributed by atoms with Crippen LogP contribution in [0, 0.1) is 0 Å². The van der Waals surface area contributed by atoms with E-state index in [1.54, 1.807) is 7.05 Å². The second-order valence-electron chi connectivity index (χ2n) is 3.79. The molecular weight excluding hydrogens is 180 g/mol. The van der Waals surface area contributed by atoms with Crippen LogP contribution in [-0.4, -0.2) is 61.3 Å². The summed E-state index contributed by atoms with van der Waals surface area (Å²) in [5.41, 5.74) is 0.999. The van der Waals surface area contributed by atoms with E-state index >= 15 is 0 Å². The van der Waals surface area contributed by atoms with Crippen molar-refractivity contribution in [2.75, 3.05) is 39.8 Å². The maximum absolute atomic E-state index is 11.2. The van der Waals surface area contributed by atoms with Gasteiger partial charge in [-0.05, 0) is 0 Å². The summed E-state index contributed by atoms with van der Waals surface area (Å²) in [6.07, 6.45) is 0.500. The Balaban J connectivity index is 1.85. The Hall–Kier alpha value is -0.940. The van der Waals surface area contributed by atoms with Crippen molar-refractivity contribution in [2.45, 2.75) is 6.42 Å². The van der Waals surface area contributed by atoms with Crippen molar-refractivity contribution >= 4 is 11.6 Å². The van der Waals surface area contributed by atoms with E-state index in [2.05, 4.69) is 15.3 Å². The number of hydrogen-bond donors (Lipinski definition) is 1. The summed E-state index contributed by atoms with van der Waals surface area (Å²) in [7, 11) is 1.72. The van der Waals surface area contributed by atoms with E-state index in [-0.39, 0.29) is 5.91 Å². The summed E-state index contributed by atoms with van der Waals surface area (Å²) in [5.74, 6) is 0.107. The van der Waals surface area contributed by atoms with Crippen LogP contribution in [0.25, 0.3) is 0 Å². The number of carbonyl (C=O) groups excluding carboxylic acids is 1. The van der Waals surface area contributed by atoms with Gasteiger partial charge in [-0.2, -0.15) is 5.10 Å². The van der Waals surface area contributed by atoms with Crippen LogP contribution >= 0.6 is 0 Å². The predicted octanol–water partition coefficient (Wildman–Crippen LogP) is -0.890. The van der Waals surface area contributed by atoms with Gasteiger partial charge in [0.1, 0.15) is 0 Å². The molecule has 5 heteroatoms. The quantitative estimate of drug-likeness (QED) is 0.623. The third-order valence-corrected chi connectivity index (χ3v) is 2.62.